The topological polar surface area (TPSA) is 144 Å². The van der Waals surface area contributed by atoms with Gasteiger partial charge in [-0.2, -0.15) is 4.31 Å². The first-order valence-electron chi connectivity index (χ1n) is 13.7. The molecule has 0 atom stereocenters. The number of piperazine rings is 1. The van der Waals surface area contributed by atoms with Crippen molar-refractivity contribution in [2.24, 2.45) is 0 Å². The smallest absolute Gasteiger partial charge is 0.243 e. The molecule has 2 aromatic heterocycles. The fraction of sp³-hybridized carbons (Fsp3) is 0.345. The van der Waals surface area contributed by atoms with Crippen molar-refractivity contribution in [1.29, 1.82) is 0 Å². The Morgan fingerprint density at radius 1 is 1.00 bits per heavy atom. The number of likely N-dealkylation sites (N-methyl/N-ethyl adjacent to an activating group) is 1. The lowest BCUT2D eigenvalue weighted by Crippen LogP contribution is -2.47. The number of ether oxygens (including phenoxy) is 1. The molecule has 1 aliphatic rings. The van der Waals surface area contributed by atoms with Crippen LogP contribution in [0.3, 0.4) is 0 Å². The Morgan fingerprint density at radius 3 is 2.38 bits per heavy atom. The third-order valence-corrected chi connectivity index (χ3v) is 10.0. The Hall–Kier alpha value is -3.78. The molecule has 0 bridgehead atoms. The fourth-order valence-electron chi connectivity index (χ4n) is 4.95. The van der Waals surface area contributed by atoms with E-state index in [1.807, 2.05) is 24.6 Å². The molecule has 0 saturated carbocycles. The fourth-order valence-corrected chi connectivity index (χ4v) is 7.23. The molecule has 1 fully saturated rings. The molecule has 0 aliphatic carbocycles. The summed E-state index contributed by atoms with van der Waals surface area (Å²) in [6.07, 6.45) is 0.891. The third kappa shape index (κ3) is 6.04. The van der Waals surface area contributed by atoms with Gasteiger partial charge < -0.3 is 26.0 Å². The van der Waals surface area contributed by atoms with Crippen LogP contribution in [0.25, 0.3) is 22.6 Å². The maximum atomic E-state index is 13.4. The molecule has 0 radical (unpaired) electrons. The zero-order valence-electron chi connectivity index (χ0n) is 24.2. The predicted molar refractivity (Wildman–Crippen MR) is 169 cm³/mol. The normalized spacial score (nSPS) is 14.7. The number of thiazole rings is 1. The van der Waals surface area contributed by atoms with Gasteiger partial charge in [-0.1, -0.05) is 19.1 Å². The average Bonchev–Trinajstić information content (AvgIpc) is 3.46. The molecule has 0 amide bonds. The number of methoxy groups -OCH3 is 1. The minimum Gasteiger partial charge on any atom is -0.496 e. The average molecular weight is 609 g/mol. The van der Waals surface area contributed by atoms with Gasteiger partial charge in [-0.25, -0.2) is 23.4 Å². The van der Waals surface area contributed by atoms with Gasteiger partial charge in [0.15, 0.2) is 11.0 Å². The van der Waals surface area contributed by atoms with E-state index in [9.17, 15) is 8.42 Å². The highest BCUT2D eigenvalue weighted by atomic mass is 32.2. The van der Waals surface area contributed by atoms with Gasteiger partial charge in [0.2, 0.25) is 10.0 Å². The van der Waals surface area contributed by atoms with Crippen LogP contribution >= 0.6 is 11.3 Å². The van der Waals surface area contributed by atoms with Gasteiger partial charge in [0.25, 0.3) is 0 Å². The summed E-state index contributed by atoms with van der Waals surface area (Å²) in [6.45, 7) is 7.24. The number of nitrogens with two attached hydrogens (primary N) is 2. The zero-order valence-corrected chi connectivity index (χ0v) is 25.9. The molecule has 5 rings (SSSR count). The molecule has 222 valence electrons. The van der Waals surface area contributed by atoms with E-state index in [2.05, 4.69) is 45.7 Å². The van der Waals surface area contributed by atoms with Crippen LogP contribution in [0, 0.1) is 6.92 Å². The number of rotatable bonds is 9. The van der Waals surface area contributed by atoms with Crippen LogP contribution < -0.4 is 21.1 Å². The van der Waals surface area contributed by atoms with Crippen LogP contribution in [-0.4, -0.2) is 79.5 Å². The van der Waals surface area contributed by atoms with E-state index in [0.29, 0.717) is 43.4 Å². The van der Waals surface area contributed by atoms with Crippen molar-refractivity contribution in [3.8, 4) is 28.4 Å². The van der Waals surface area contributed by atoms with E-state index in [-0.39, 0.29) is 16.5 Å². The van der Waals surface area contributed by atoms with Crippen LogP contribution in [0.2, 0.25) is 0 Å². The third-order valence-electron chi connectivity index (χ3n) is 7.25. The summed E-state index contributed by atoms with van der Waals surface area (Å²) in [7, 11) is -0.0708. The van der Waals surface area contributed by atoms with Crippen molar-refractivity contribution >= 4 is 43.8 Å². The molecule has 42 heavy (non-hydrogen) atoms. The molecule has 11 nitrogen and oxygen atoms in total. The summed E-state index contributed by atoms with van der Waals surface area (Å²) in [5.41, 5.74) is 16.1. The molecular formula is C29H36N8O3S2. The first-order chi connectivity index (χ1) is 20.1. The standard InChI is InChI=1S/C29H36N8O3S2/c1-5-10-37(29-32-23(18-41-29)28-33-26(30)17-27(31)34-28)24-15-20(7-6-19(24)2)22-9-8-21(16-25(22)40-4)42(38,39)36-13-11-35(3)12-14-36/h6-9,15-18H,5,10-14H2,1-4H3,(H4,30,31,33,34). The molecule has 1 saturated heterocycles. The van der Waals surface area contributed by atoms with Gasteiger partial charge in [0.1, 0.15) is 23.1 Å². The highest BCUT2D eigenvalue weighted by molar-refractivity contribution is 7.89. The maximum absolute atomic E-state index is 13.4. The Kier molecular flexibility index (Phi) is 8.64. The number of nitrogen functional groups attached to an aromatic ring is 2. The molecular weight excluding hydrogens is 573 g/mol. The van der Waals surface area contributed by atoms with Gasteiger partial charge in [0.05, 0.1) is 12.0 Å². The second-order valence-electron chi connectivity index (χ2n) is 10.3. The summed E-state index contributed by atoms with van der Waals surface area (Å²) >= 11 is 1.49. The van der Waals surface area contributed by atoms with Crippen molar-refractivity contribution in [1.82, 2.24) is 24.2 Å². The summed E-state index contributed by atoms with van der Waals surface area (Å²) in [4.78, 5) is 17.9. The van der Waals surface area contributed by atoms with Crippen molar-refractivity contribution in [2.75, 3.05) is 63.2 Å². The summed E-state index contributed by atoms with van der Waals surface area (Å²) in [6, 6.07) is 12.8. The van der Waals surface area contributed by atoms with Gasteiger partial charge in [-0.15, -0.1) is 11.3 Å². The van der Waals surface area contributed by atoms with Crippen molar-refractivity contribution in [3.63, 3.8) is 0 Å². The molecule has 0 unspecified atom stereocenters. The first-order valence-corrected chi connectivity index (χ1v) is 16.0. The number of benzene rings is 2. The lowest BCUT2D eigenvalue weighted by molar-refractivity contribution is 0.222. The number of hydrogen-bond donors (Lipinski definition) is 2. The number of aryl methyl sites for hydroxylation is 1. The van der Waals surface area contributed by atoms with E-state index < -0.39 is 10.0 Å². The van der Waals surface area contributed by atoms with Gasteiger partial charge in [-0.3, -0.25) is 0 Å². The maximum Gasteiger partial charge on any atom is 0.243 e. The van der Waals surface area contributed by atoms with E-state index in [1.165, 1.54) is 17.4 Å². The SMILES string of the molecule is CCCN(c1nc(-c2nc(N)cc(N)n2)cs1)c1cc(-c2ccc(S(=O)(=O)N3CCN(C)CC3)cc2OC)ccc1C. The molecule has 4 N–H and O–H groups in total. The molecule has 4 aromatic rings. The van der Waals surface area contributed by atoms with Gasteiger partial charge in [-0.05, 0) is 49.7 Å². The number of aromatic nitrogens is 3. The quantitative estimate of drug-likeness (QED) is 0.283. The van der Waals surface area contributed by atoms with Crippen molar-refractivity contribution < 1.29 is 13.2 Å². The zero-order chi connectivity index (χ0) is 30.0. The van der Waals surface area contributed by atoms with E-state index in [4.69, 9.17) is 21.2 Å². The first kappa shape index (κ1) is 29.7. The van der Waals surface area contributed by atoms with E-state index in [0.717, 1.165) is 40.5 Å². The summed E-state index contributed by atoms with van der Waals surface area (Å²) in [5.74, 6) is 1.46. The lowest BCUT2D eigenvalue weighted by Gasteiger charge is -2.31. The van der Waals surface area contributed by atoms with E-state index >= 15 is 0 Å². The van der Waals surface area contributed by atoms with Crippen LogP contribution in [-0.2, 0) is 10.0 Å². The minimum absolute atomic E-state index is 0.229. The van der Waals surface area contributed by atoms with Crippen molar-refractivity contribution in [2.45, 2.75) is 25.2 Å². The monoisotopic (exact) mass is 608 g/mol. The van der Waals surface area contributed by atoms with Crippen molar-refractivity contribution in [3.05, 3.63) is 53.4 Å². The molecule has 3 heterocycles. The number of sulfonamides is 1. The van der Waals surface area contributed by atoms with Crippen LogP contribution in [0.1, 0.15) is 18.9 Å². The van der Waals surface area contributed by atoms with Crippen LogP contribution in [0.4, 0.5) is 22.5 Å². The minimum atomic E-state index is -3.63. The predicted octanol–water partition coefficient (Wildman–Crippen LogP) is 4.23. The second kappa shape index (κ2) is 12.2. The highest BCUT2D eigenvalue weighted by Gasteiger charge is 2.28. The number of hydrogen-bond acceptors (Lipinski definition) is 11. The molecule has 2 aromatic carbocycles. The lowest BCUT2D eigenvalue weighted by atomic mass is 10.0. The molecule has 13 heteroatoms. The number of anilines is 4. The highest BCUT2D eigenvalue weighted by Crippen LogP contribution is 2.39. The Morgan fingerprint density at radius 2 is 1.71 bits per heavy atom. The summed E-state index contributed by atoms with van der Waals surface area (Å²) in [5, 5.41) is 2.69. The molecule has 0 spiro atoms. The second-order valence-corrected chi connectivity index (χ2v) is 13.1. The van der Waals surface area contributed by atoms with E-state index in [1.54, 1.807) is 23.5 Å². The Labute approximate surface area is 250 Å². The Balaban J connectivity index is 1.49. The Bertz CT molecular complexity index is 1660. The van der Waals surface area contributed by atoms with Gasteiger partial charge in [0, 0.05) is 61.5 Å². The van der Waals surface area contributed by atoms with Crippen LogP contribution in [0.15, 0.2) is 52.7 Å². The van der Waals surface area contributed by atoms with Gasteiger partial charge >= 0.3 is 0 Å². The van der Waals surface area contributed by atoms with Crippen LogP contribution in [0.5, 0.6) is 5.75 Å². The largest absolute Gasteiger partial charge is 0.496 e. The summed E-state index contributed by atoms with van der Waals surface area (Å²) < 4.78 is 34.0. The molecule has 1 aliphatic heterocycles. The number of nitrogens with zero attached hydrogens (tertiary/aromatic N) is 6.